The number of ketones is 1. The van der Waals surface area contributed by atoms with Crippen molar-refractivity contribution in [2.75, 3.05) is 0 Å². The van der Waals surface area contributed by atoms with Gasteiger partial charge in [-0.25, -0.2) is 4.79 Å². The van der Waals surface area contributed by atoms with Gasteiger partial charge in [0.1, 0.15) is 0 Å². The maximum absolute atomic E-state index is 11.5. The van der Waals surface area contributed by atoms with Gasteiger partial charge in [-0.05, 0) is 31.4 Å². The molecule has 1 rings (SSSR count). The molecule has 0 saturated carbocycles. The second-order valence-corrected chi connectivity index (χ2v) is 4.15. The molecule has 1 aromatic carbocycles. The van der Waals surface area contributed by atoms with E-state index in [9.17, 15) is 9.59 Å². The Bertz CT molecular complexity index is 389. The van der Waals surface area contributed by atoms with Crippen LogP contribution in [-0.2, 0) is 6.42 Å². The van der Waals surface area contributed by atoms with Gasteiger partial charge in [0.05, 0.1) is 5.56 Å². The molecule has 0 aromatic heterocycles. The van der Waals surface area contributed by atoms with Gasteiger partial charge in [0.2, 0.25) is 0 Å². The number of carbonyl (C=O) groups is 2. The Balaban J connectivity index is 3.10. The first kappa shape index (κ1) is 13.4. The minimum Gasteiger partial charge on any atom is -0.478 e. The predicted molar refractivity (Wildman–Crippen MR) is 66.6 cm³/mol. The summed E-state index contributed by atoms with van der Waals surface area (Å²) in [6.07, 6.45) is 3.70. The molecule has 0 aliphatic carbocycles. The van der Waals surface area contributed by atoms with Crippen LogP contribution in [0.15, 0.2) is 18.2 Å². The van der Waals surface area contributed by atoms with Gasteiger partial charge in [-0.1, -0.05) is 31.9 Å². The van der Waals surface area contributed by atoms with Crippen molar-refractivity contribution in [2.24, 2.45) is 0 Å². The Morgan fingerprint density at radius 2 is 1.82 bits per heavy atom. The molecule has 0 heterocycles. The first-order valence-electron chi connectivity index (χ1n) is 5.94. The highest BCUT2D eigenvalue weighted by Gasteiger charge is 2.15. The number of aromatic carboxylic acids is 1. The smallest absolute Gasteiger partial charge is 0.335 e. The van der Waals surface area contributed by atoms with Gasteiger partial charge in [-0.2, -0.15) is 0 Å². The second-order valence-electron chi connectivity index (χ2n) is 4.15. The number of benzene rings is 1. The van der Waals surface area contributed by atoms with E-state index in [4.69, 9.17) is 5.11 Å². The van der Waals surface area contributed by atoms with E-state index in [0.29, 0.717) is 17.5 Å². The Morgan fingerprint density at radius 3 is 2.35 bits per heavy atom. The fraction of sp³-hybridized carbons (Fsp3) is 0.429. The van der Waals surface area contributed by atoms with Crippen LogP contribution in [-0.4, -0.2) is 16.9 Å². The Labute approximate surface area is 101 Å². The van der Waals surface area contributed by atoms with Crippen molar-refractivity contribution in [3.63, 3.8) is 0 Å². The second kappa shape index (κ2) is 6.18. The summed E-state index contributed by atoms with van der Waals surface area (Å²) in [7, 11) is 0. The third-order valence-electron chi connectivity index (χ3n) is 2.82. The minimum absolute atomic E-state index is 0.0698. The quantitative estimate of drug-likeness (QED) is 0.606. The summed E-state index contributed by atoms with van der Waals surface area (Å²) >= 11 is 0. The van der Waals surface area contributed by atoms with E-state index in [-0.39, 0.29) is 11.3 Å². The van der Waals surface area contributed by atoms with Gasteiger partial charge in [-0.3, -0.25) is 4.79 Å². The summed E-state index contributed by atoms with van der Waals surface area (Å²) in [6, 6.07) is 4.90. The Hall–Kier alpha value is -1.64. The lowest BCUT2D eigenvalue weighted by Crippen LogP contribution is -2.08. The van der Waals surface area contributed by atoms with E-state index < -0.39 is 5.97 Å². The van der Waals surface area contributed by atoms with E-state index in [1.165, 1.54) is 6.92 Å². The lowest BCUT2D eigenvalue weighted by molar-refractivity contribution is 0.0695. The first-order valence-corrected chi connectivity index (χ1v) is 5.94. The van der Waals surface area contributed by atoms with Crippen molar-refractivity contribution in [3.05, 3.63) is 34.9 Å². The molecule has 3 heteroatoms. The summed E-state index contributed by atoms with van der Waals surface area (Å²) in [5.41, 5.74) is 1.48. The van der Waals surface area contributed by atoms with Gasteiger partial charge < -0.3 is 5.11 Å². The number of carbonyl (C=O) groups excluding carboxylic acids is 1. The van der Waals surface area contributed by atoms with E-state index in [1.54, 1.807) is 18.2 Å². The number of unbranched alkanes of at least 4 members (excludes halogenated alkanes) is 2. The van der Waals surface area contributed by atoms with Crippen molar-refractivity contribution in [1.29, 1.82) is 0 Å². The van der Waals surface area contributed by atoms with Crippen molar-refractivity contribution in [1.82, 2.24) is 0 Å². The maximum Gasteiger partial charge on any atom is 0.335 e. The summed E-state index contributed by atoms with van der Waals surface area (Å²) in [6.45, 7) is 3.57. The van der Waals surface area contributed by atoms with E-state index in [1.807, 2.05) is 0 Å². The minimum atomic E-state index is -0.959. The number of rotatable bonds is 6. The number of hydrogen-bond donors (Lipinski definition) is 1. The van der Waals surface area contributed by atoms with Crippen LogP contribution in [0.4, 0.5) is 0 Å². The van der Waals surface area contributed by atoms with Crippen molar-refractivity contribution < 1.29 is 14.7 Å². The standard InChI is InChI=1S/C14H18O3/c1-3-4-5-7-12-11(10(2)15)8-6-9-13(12)14(16)17/h6,8-9H,3-5,7H2,1-2H3,(H,16,17). The number of carboxylic acids is 1. The monoisotopic (exact) mass is 234 g/mol. The zero-order chi connectivity index (χ0) is 12.8. The molecule has 1 N–H and O–H groups in total. The van der Waals surface area contributed by atoms with E-state index in [0.717, 1.165) is 19.3 Å². The van der Waals surface area contributed by atoms with Crippen LogP contribution in [0.2, 0.25) is 0 Å². The van der Waals surface area contributed by atoms with Crippen LogP contribution < -0.4 is 0 Å². The zero-order valence-electron chi connectivity index (χ0n) is 10.3. The molecule has 92 valence electrons. The Morgan fingerprint density at radius 1 is 1.18 bits per heavy atom. The molecule has 0 bridgehead atoms. The van der Waals surface area contributed by atoms with Gasteiger partial charge in [0.15, 0.2) is 5.78 Å². The van der Waals surface area contributed by atoms with Crippen LogP contribution in [0.3, 0.4) is 0 Å². The summed E-state index contributed by atoms with van der Waals surface area (Å²) in [5, 5.41) is 9.12. The van der Waals surface area contributed by atoms with Gasteiger partial charge in [0.25, 0.3) is 0 Å². The van der Waals surface area contributed by atoms with Gasteiger partial charge >= 0.3 is 5.97 Å². The van der Waals surface area contributed by atoms with Crippen LogP contribution in [0.25, 0.3) is 0 Å². The average molecular weight is 234 g/mol. The Kier molecular flexibility index (Phi) is 4.88. The van der Waals surface area contributed by atoms with Crippen LogP contribution in [0, 0.1) is 0 Å². The molecule has 17 heavy (non-hydrogen) atoms. The average Bonchev–Trinajstić information content (AvgIpc) is 2.28. The molecule has 0 spiro atoms. The van der Waals surface area contributed by atoms with Crippen molar-refractivity contribution in [3.8, 4) is 0 Å². The third kappa shape index (κ3) is 3.41. The van der Waals surface area contributed by atoms with E-state index >= 15 is 0 Å². The van der Waals surface area contributed by atoms with Crippen LogP contribution >= 0.6 is 0 Å². The first-order chi connectivity index (χ1) is 8.07. The zero-order valence-corrected chi connectivity index (χ0v) is 10.3. The number of carboxylic acid groups (broad SMARTS) is 1. The predicted octanol–water partition coefficient (Wildman–Crippen LogP) is 3.32. The van der Waals surface area contributed by atoms with Gasteiger partial charge in [-0.15, -0.1) is 0 Å². The number of hydrogen-bond acceptors (Lipinski definition) is 2. The number of Topliss-reactive ketones (excluding diaryl/α,β-unsaturated/α-hetero) is 1. The van der Waals surface area contributed by atoms with Crippen LogP contribution in [0.5, 0.6) is 0 Å². The molecular weight excluding hydrogens is 216 g/mol. The van der Waals surface area contributed by atoms with Crippen molar-refractivity contribution in [2.45, 2.75) is 39.5 Å². The third-order valence-corrected chi connectivity index (χ3v) is 2.82. The SMILES string of the molecule is CCCCCc1c(C(C)=O)cccc1C(=O)O. The highest BCUT2D eigenvalue weighted by atomic mass is 16.4. The molecular formula is C14H18O3. The molecule has 0 atom stereocenters. The van der Waals surface area contributed by atoms with Crippen LogP contribution in [0.1, 0.15) is 59.4 Å². The lowest BCUT2D eigenvalue weighted by Gasteiger charge is -2.10. The van der Waals surface area contributed by atoms with Gasteiger partial charge in [0, 0.05) is 5.56 Å². The molecule has 0 amide bonds. The lowest BCUT2D eigenvalue weighted by atomic mass is 9.94. The molecule has 0 aliphatic heterocycles. The fourth-order valence-electron chi connectivity index (χ4n) is 1.94. The molecule has 0 fully saturated rings. The molecule has 0 radical (unpaired) electrons. The molecule has 1 aromatic rings. The maximum atomic E-state index is 11.5. The highest BCUT2D eigenvalue weighted by Crippen LogP contribution is 2.19. The molecule has 0 aliphatic rings. The summed E-state index contributed by atoms with van der Waals surface area (Å²) < 4.78 is 0. The van der Waals surface area contributed by atoms with E-state index in [2.05, 4.69) is 6.92 Å². The fourth-order valence-corrected chi connectivity index (χ4v) is 1.94. The summed E-state index contributed by atoms with van der Waals surface area (Å²) in [4.78, 5) is 22.6. The normalized spacial score (nSPS) is 10.2. The topological polar surface area (TPSA) is 54.4 Å². The van der Waals surface area contributed by atoms with Crippen molar-refractivity contribution >= 4 is 11.8 Å². The summed E-state index contributed by atoms with van der Waals surface area (Å²) in [5.74, 6) is -1.03. The largest absolute Gasteiger partial charge is 0.478 e. The molecule has 0 saturated heterocycles. The highest BCUT2D eigenvalue weighted by molar-refractivity contribution is 5.99. The molecule has 0 unspecified atom stereocenters. The molecule has 3 nitrogen and oxygen atoms in total.